The van der Waals surface area contributed by atoms with Crippen LogP contribution in [0.1, 0.15) is 5.56 Å². The summed E-state index contributed by atoms with van der Waals surface area (Å²) >= 11 is 3.33. The van der Waals surface area contributed by atoms with E-state index in [4.69, 9.17) is 0 Å². The summed E-state index contributed by atoms with van der Waals surface area (Å²) in [4.78, 5) is 0. The fraction of sp³-hybridized carbons (Fsp3) is 0.0769. The Kier molecular flexibility index (Phi) is 3.74. The monoisotopic (exact) mass is 297 g/mol. The van der Waals surface area contributed by atoms with Gasteiger partial charge in [0.05, 0.1) is 0 Å². The Hall–Kier alpha value is -1.42. The van der Waals surface area contributed by atoms with Gasteiger partial charge in [0, 0.05) is 22.3 Å². The normalized spacial score (nSPS) is 10.3. The van der Waals surface area contributed by atoms with E-state index in [-0.39, 0.29) is 6.54 Å². The minimum absolute atomic E-state index is 0.255. The molecule has 0 aliphatic carbocycles. The fourth-order valence-corrected chi connectivity index (χ4v) is 1.71. The summed E-state index contributed by atoms with van der Waals surface area (Å²) in [6.07, 6.45) is 0. The van der Waals surface area contributed by atoms with Gasteiger partial charge < -0.3 is 5.32 Å². The molecule has 17 heavy (non-hydrogen) atoms. The maximum Gasteiger partial charge on any atom is 0.128 e. The van der Waals surface area contributed by atoms with Gasteiger partial charge in [-0.15, -0.1) is 0 Å². The van der Waals surface area contributed by atoms with Gasteiger partial charge in [-0.05, 0) is 42.5 Å². The predicted octanol–water partition coefficient (Wildman–Crippen LogP) is 4.34. The highest BCUT2D eigenvalue weighted by molar-refractivity contribution is 9.10. The quantitative estimate of drug-likeness (QED) is 0.889. The van der Waals surface area contributed by atoms with Crippen LogP contribution in [0.2, 0.25) is 0 Å². The molecule has 0 heterocycles. The molecule has 0 aliphatic rings. The van der Waals surface area contributed by atoms with Crippen molar-refractivity contribution in [3.63, 3.8) is 0 Å². The summed E-state index contributed by atoms with van der Waals surface area (Å²) in [5, 5.41) is 3.03. The summed E-state index contributed by atoms with van der Waals surface area (Å²) in [5.74, 6) is -0.838. The van der Waals surface area contributed by atoms with Gasteiger partial charge >= 0.3 is 0 Å². The molecule has 0 saturated carbocycles. The molecule has 88 valence electrons. The molecule has 0 unspecified atom stereocenters. The lowest BCUT2D eigenvalue weighted by Gasteiger charge is -2.07. The highest BCUT2D eigenvalue weighted by Gasteiger charge is 2.03. The molecule has 4 heteroatoms. The van der Waals surface area contributed by atoms with E-state index in [1.165, 1.54) is 6.07 Å². The van der Waals surface area contributed by atoms with Gasteiger partial charge in [-0.1, -0.05) is 15.9 Å². The summed E-state index contributed by atoms with van der Waals surface area (Å²) < 4.78 is 27.2. The zero-order chi connectivity index (χ0) is 12.3. The summed E-state index contributed by atoms with van der Waals surface area (Å²) in [7, 11) is 0. The van der Waals surface area contributed by atoms with Crippen LogP contribution in [0.3, 0.4) is 0 Å². The molecule has 1 nitrogen and oxygen atoms in total. The highest BCUT2D eigenvalue weighted by Crippen LogP contribution is 2.16. The number of anilines is 1. The van der Waals surface area contributed by atoms with Crippen molar-refractivity contribution in [3.05, 3.63) is 64.1 Å². The Balaban J connectivity index is 2.07. The van der Waals surface area contributed by atoms with Crippen molar-refractivity contribution in [2.45, 2.75) is 6.54 Å². The minimum atomic E-state index is -0.431. The maximum atomic E-state index is 13.3. The average Bonchev–Trinajstić information content (AvgIpc) is 2.32. The molecule has 0 aliphatic heterocycles. The summed E-state index contributed by atoms with van der Waals surface area (Å²) in [6, 6.07) is 10.9. The minimum Gasteiger partial charge on any atom is -0.381 e. The van der Waals surface area contributed by atoms with Crippen LogP contribution in [0.25, 0.3) is 0 Å². The first kappa shape index (κ1) is 12.0. The molecule has 2 aromatic carbocycles. The van der Waals surface area contributed by atoms with Crippen molar-refractivity contribution < 1.29 is 8.78 Å². The van der Waals surface area contributed by atoms with E-state index in [0.29, 0.717) is 5.56 Å². The Morgan fingerprint density at radius 2 is 1.71 bits per heavy atom. The standard InChI is InChI=1S/C13H10BrF2N/c14-10-1-4-12(5-2-10)17-8-9-7-11(15)3-6-13(9)16/h1-7,17H,8H2. The van der Waals surface area contributed by atoms with Gasteiger partial charge in [-0.3, -0.25) is 0 Å². The molecule has 0 amide bonds. The van der Waals surface area contributed by atoms with E-state index in [1.54, 1.807) is 0 Å². The second-order valence-corrected chi connectivity index (χ2v) is 4.51. The Labute approximate surface area is 107 Å². The fourth-order valence-electron chi connectivity index (χ4n) is 1.44. The van der Waals surface area contributed by atoms with Crippen LogP contribution in [-0.2, 0) is 6.54 Å². The van der Waals surface area contributed by atoms with Gasteiger partial charge in [-0.2, -0.15) is 0 Å². The lowest BCUT2D eigenvalue weighted by Crippen LogP contribution is -2.02. The molecular formula is C13H10BrF2N. The van der Waals surface area contributed by atoms with Crippen LogP contribution < -0.4 is 5.32 Å². The van der Waals surface area contributed by atoms with Gasteiger partial charge in [0.1, 0.15) is 11.6 Å². The first-order chi connectivity index (χ1) is 8.15. The van der Waals surface area contributed by atoms with Crippen molar-refractivity contribution in [3.8, 4) is 0 Å². The first-order valence-electron chi connectivity index (χ1n) is 5.08. The number of hydrogen-bond acceptors (Lipinski definition) is 1. The molecular weight excluding hydrogens is 288 g/mol. The number of rotatable bonds is 3. The zero-order valence-electron chi connectivity index (χ0n) is 8.88. The second kappa shape index (κ2) is 5.27. The molecule has 0 spiro atoms. The van der Waals surface area contributed by atoms with Gasteiger partial charge in [0.2, 0.25) is 0 Å². The van der Waals surface area contributed by atoms with E-state index in [9.17, 15) is 8.78 Å². The van der Waals surface area contributed by atoms with Crippen LogP contribution in [0.4, 0.5) is 14.5 Å². The third-order valence-electron chi connectivity index (χ3n) is 2.33. The lowest BCUT2D eigenvalue weighted by atomic mass is 10.2. The zero-order valence-corrected chi connectivity index (χ0v) is 10.5. The second-order valence-electron chi connectivity index (χ2n) is 3.60. The van der Waals surface area contributed by atoms with Crippen molar-refractivity contribution >= 4 is 21.6 Å². The maximum absolute atomic E-state index is 13.3. The largest absolute Gasteiger partial charge is 0.381 e. The number of benzene rings is 2. The molecule has 0 bridgehead atoms. The summed E-state index contributed by atoms with van der Waals surface area (Å²) in [6.45, 7) is 0.255. The van der Waals surface area contributed by atoms with E-state index in [0.717, 1.165) is 22.3 Å². The van der Waals surface area contributed by atoms with Gasteiger partial charge in [0.15, 0.2) is 0 Å². The molecule has 2 aromatic rings. The van der Waals surface area contributed by atoms with Crippen LogP contribution >= 0.6 is 15.9 Å². The first-order valence-corrected chi connectivity index (χ1v) is 5.88. The Morgan fingerprint density at radius 1 is 1.00 bits per heavy atom. The predicted molar refractivity (Wildman–Crippen MR) is 67.8 cm³/mol. The Bertz CT molecular complexity index is 511. The average molecular weight is 298 g/mol. The van der Waals surface area contributed by atoms with Crippen LogP contribution in [0.15, 0.2) is 46.9 Å². The van der Waals surface area contributed by atoms with Crippen molar-refractivity contribution in [2.24, 2.45) is 0 Å². The summed E-state index contributed by atoms with van der Waals surface area (Å²) in [5.41, 5.74) is 1.17. The highest BCUT2D eigenvalue weighted by atomic mass is 79.9. The molecule has 0 saturated heterocycles. The molecule has 0 aromatic heterocycles. The number of nitrogens with one attached hydrogen (secondary N) is 1. The topological polar surface area (TPSA) is 12.0 Å². The molecule has 2 rings (SSSR count). The van der Waals surface area contributed by atoms with Gasteiger partial charge in [-0.25, -0.2) is 8.78 Å². The van der Waals surface area contributed by atoms with Crippen LogP contribution in [0.5, 0.6) is 0 Å². The molecule has 0 fully saturated rings. The van der Waals surface area contributed by atoms with E-state index >= 15 is 0 Å². The molecule has 1 N–H and O–H groups in total. The SMILES string of the molecule is Fc1ccc(F)c(CNc2ccc(Br)cc2)c1. The van der Waals surface area contributed by atoms with Crippen molar-refractivity contribution in [2.75, 3.05) is 5.32 Å². The van der Waals surface area contributed by atoms with E-state index in [2.05, 4.69) is 21.2 Å². The number of hydrogen-bond donors (Lipinski definition) is 1. The Morgan fingerprint density at radius 3 is 2.41 bits per heavy atom. The number of halogens is 3. The van der Waals surface area contributed by atoms with E-state index in [1.807, 2.05) is 24.3 Å². The smallest absolute Gasteiger partial charge is 0.128 e. The van der Waals surface area contributed by atoms with Crippen LogP contribution in [0, 0.1) is 11.6 Å². The van der Waals surface area contributed by atoms with Gasteiger partial charge in [0.25, 0.3) is 0 Å². The third kappa shape index (κ3) is 3.27. The van der Waals surface area contributed by atoms with Crippen molar-refractivity contribution in [1.82, 2.24) is 0 Å². The van der Waals surface area contributed by atoms with Crippen LogP contribution in [-0.4, -0.2) is 0 Å². The van der Waals surface area contributed by atoms with E-state index < -0.39 is 11.6 Å². The molecule has 0 radical (unpaired) electrons. The lowest BCUT2D eigenvalue weighted by molar-refractivity contribution is 0.587. The van der Waals surface area contributed by atoms with Crippen molar-refractivity contribution in [1.29, 1.82) is 0 Å². The third-order valence-corrected chi connectivity index (χ3v) is 2.86. The molecule has 0 atom stereocenters.